The van der Waals surface area contributed by atoms with Crippen molar-refractivity contribution in [2.75, 3.05) is 57.7 Å². The summed E-state index contributed by atoms with van der Waals surface area (Å²) in [5.74, 6) is 0.748. The summed E-state index contributed by atoms with van der Waals surface area (Å²) in [7, 11) is 1.64. The van der Waals surface area contributed by atoms with Gasteiger partial charge in [0.2, 0.25) is 0 Å². The van der Waals surface area contributed by atoms with E-state index < -0.39 is 0 Å². The van der Waals surface area contributed by atoms with Gasteiger partial charge in [0.05, 0.1) is 36.1 Å². The fourth-order valence-electron chi connectivity index (χ4n) is 3.45. The maximum absolute atomic E-state index is 13.6. The Morgan fingerprint density at radius 1 is 1.26 bits per heavy atom. The Bertz CT molecular complexity index is 1020. The molecule has 1 amide bonds. The van der Waals surface area contributed by atoms with E-state index in [2.05, 4.69) is 4.90 Å². The Hall–Kier alpha value is -1.84. The van der Waals surface area contributed by atoms with Crippen molar-refractivity contribution >= 4 is 56.8 Å². The van der Waals surface area contributed by atoms with Gasteiger partial charge >= 0.3 is 0 Å². The number of amides is 1. The van der Waals surface area contributed by atoms with Gasteiger partial charge in [0.15, 0.2) is 5.13 Å². The van der Waals surface area contributed by atoms with E-state index >= 15 is 0 Å². The topological polar surface area (TPSA) is 54.9 Å². The largest absolute Gasteiger partial charge is 0.497 e. The van der Waals surface area contributed by atoms with E-state index in [4.69, 9.17) is 14.5 Å². The van der Waals surface area contributed by atoms with Crippen molar-refractivity contribution in [2.45, 2.75) is 4.90 Å². The predicted molar refractivity (Wildman–Crippen MR) is 131 cm³/mol. The van der Waals surface area contributed by atoms with E-state index in [1.165, 1.54) is 11.3 Å². The molecule has 1 aromatic heterocycles. The molecule has 166 valence electrons. The second kappa shape index (κ2) is 11.2. The van der Waals surface area contributed by atoms with Crippen molar-refractivity contribution < 1.29 is 14.3 Å². The molecule has 9 heteroatoms. The van der Waals surface area contributed by atoms with E-state index in [-0.39, 0.29) is 18.3 Å². The van der Waals surface area contributed by atoms with Crippen LogP contribution < -0.4 is 9.64 Å². The quantitative estimate of drug-likeness (QED) is 0.467. The number of rotatable bonds is 7. The lowest BCUT2D eigenvalue weighted by Crippen LogP contribution is -2.43. The molecule has 1 fully saturated rings. The molecular formula is C22H26ClN3O3S2. The molecule has 0 spiro atoms. The minimum absolute atomic E-state index is 0. The van der Waals surface area contributed by atoms with Gasteiger partial charge in [-0.2, -0.15) is 0 Å². The first-order valence-corrected chi connectivity index (χ1v) is 11.9. The van der Waals surface area contributed by atoms with Crippen LogP contribution in [0.2, 0.25) is 0 Å². The van der Waals surface area contributed by atoms with Gasteiger partial charge in [0.1, 0.15) is 5.75 Å². The molecule has 4 rings (SSSR count). The first-order chi connectivity index (χ1) is 14.7. The number of carbonyl (C=O) groups excluding carboxylic acids is 1. The number of morpholine rings is 1. The lowest BCUT2D eigenvalue weighted by molar-refractivity contribution is 0.0391. The molecule has 1 saturated heterocycles. The molecule has 2 aromatic carbocycles. The Morgan fingerprint density at radius 2 is 2.03 bits per heavy atom. The molecule has 0 atom stereocenters. The second-order valence-electron chi connectivity index (χ2n) is 6.94. The zero-order valence-electron chi connectivity index (χ0n) is 17.6. The maximum atomic E-state index is 13.6. The van der Waals surface area contributed by atoms with Crippen LogP contribution in [0, 0.1) is 0 Å². The summed E-state index contributed by atoms with van der Waals surface area (Å²) in [5, 5.41) is 0.715. The number of nitrogens with zero attached hydrogens (tertiary/aromatic N) is 3. The smallest absolute Gasteiger partial charge is 0.261 e. The summed E-state index contributed by atoms with van der Waals surface area (Å²) >= 11 is 3.12. The van der Waals surface area contributed by atoms with Crippen LogP contribution in [0.4, 0.5) is 5.13 Å². The standard InChI is InChI=1S/C22H25N3O3S2.ClH/c1-27-16-7-8-20-18(15-16)23-22(30-20)25(10-9-24-11-13-28-14-12-24)21(26)17-5-3-4-6-19(17)29-2;/h3-8,15H,9-14H2,1-2H3;1H. The number of carbonyl (C=O) groups is 1. The van der Waals surface area contributed by atoms with E-state index in [0.717, 1.165) is 53.7 Å². The summed E-state index contributed by atoms with van der Waals surface area (Å²) < 4.78 is 11.8. The number of hydrogen-bond donors (Lipinski definition) is 0. The van der Waals surface area contributed by atoms with Crippen LogP contribution in [-0.4, -0.2) is 68.5 Å². The zero-order valence-corrected chi connectivity index (χ0v) is 20.0. The number of hydrogen-bond acceptors (Lipinski definition) is 7. The number of ether oxygens (including phenoxy) is 2. The number of anilines is 1. The number of fused-ring (bicyclic) bond motifs is 1. The third kappa shape index (κ3) is 5.51. The molecule has 0 N–H and O–H groups in total. The van der Waals surface area contributed by atoms with E-state index in [9.17, 15) is 4.79 Å². The number of thiazole rings is 1. The van der Waals surface area contributed by atoms with Crippen molar-refractivity contribution in [3.05, 3.63) is 48.0 Å². The molecule has 2 heterocycles. The number of thioether (sulfide) groups is 1. The van der Waals surface area contributed by atoms with Crippen LogP contribution in [0.3, 0.4) is 0 Å². The van der Waals surface area contributed by atoms with Crippen molar-refractivity contribution in [3.8, 4) is 5.75 Å². The summed E-state index contributed by atoms with van der Waals surface area (Å²) in [6.07, 6.45) is 1.99. The molecule has 3 aromatic rings. The average molecular weight is 480 g/mol. The van der Waals surface area contributed by atoms with Gasteiger partial charge in [-0.05, 0) is 30.5 Å². The summed E-state index contributed by atoms with van der Waals surface area (Å²) in [4.78, 5) is 23.5. The monoisotopic (exact) mass is 479 g/mol. The SMILES string of the molecule is COc1ccc2sc(N(CCN3CCOCC3)C(=O)c3ccccc3SC)nc2c1.Cl. The number of methoxy groups -OCH3 is 1. The Labute approximate surface area is 196 Å². The van der Waals surface area contributed by atoms with Gasteiger partial charge in [0.25, 0.3) is 5.91 Å². The molecule has 0 unspecified atom stereocenters. The third-order valence-corrected chi connectivity index (χ3v) is 7.00. The van der Waals surface area contributed by atoms with E-state index in [1.807, 2.05) is 53.6 Å². The van der Waals surface area contributed by atoms with Crippen molar-refractivity contribution in [1.82, 2.24) is 9.88 Å². The Kier molecular flexibility index (Phi) is 8.57. The number of benzene rings is 2. The molecular weight excluding hydrogens is 454 g/mol. The molecule has 1 aliphatic heterocycles. The van der Waals surface area contributed by atoms with Crippen molar-refractivity contribution in [1.29, 1.82) is 0 Å². The van der Waals surface area contributed by atoms with Crippen molar-refractivity contribution in [2.24, 2.45) is 0 Å². The Balaban J connectivity index is 0.00000272. The average Bonchev–Trinajstić information content (AvgIpc) is 3.22. The molecule has 0 aliphatic carbocycles. The van der Waals surface area contributed by atoms with Crippen LogP contribution in [0.5, 0.6) is 5.75 Å². The van der Waals surface area contributed by atoms with Crippen LogP contribution in [0.15, 0.2) is 47.4 Å². The molecule has 0 bridgehead atoms. The highest BCUT2D eigenvalue weighted by Gasteiger charge is 2.24. The molecule has 31 heavy (non-hydrogen) atoms. The van der Waals surface area contributed by atoms with Crippen LogP contribution in [0.25, 0.3) is 10.2 Å². The molecule has 6 nitrogen and oxygen atoms in total. The zero-order chi connectivity index (χ0) is 20.9. The normalized spacial score (nSPS) is 14.3. The van der Waals surface area contributed by atoms with E-state index in [0.29, 0.717) is 17.2 Å². The van der Waals surface area contributed by atoms with Crippen LogP contribution >= 0.6 is 35.5 Å². The van der Waals surface area contributed by atoms with Gasteiger partial charge < -0.3 is 9.47 Å². The highest BCUT2D eigenvalue weighted by atomic mass is 35.5. The first-order valence-electron chi connectivity index (χ1n) is 9.89. The third-order valence-electron chi connectivity index (χ3n) is 5.14. The van der Waals surface area contributed by atoms with Crippen LogP contribution in [0.1, 0.15) is 10.4 Å². The second-order valence-corrected chi connectivity index (χ2v) is 8.80. The highest BCUT2D eigenvalue weighted by Crippen LogP contribution is 2.33. The van der Waals surface area contributed by atoms with E-state index in [1.54, 1.807) is 18.9 Å². The van der Waals surface area contributed by atoms with Crippen LogP contribution in [-0.2, 0) is 4.74 Å². The Morgan fingerprint density at radius 3 is 2.77 bits per heavy atom. The number of halogens is 1. The van der Waals surface area contributed by atoms with Gasteiger partial charge in [0, 0.05) is 37.1 Å². The first kappa shape index (κ1) is 23.8. The van der Waals surface area contributed by atoms with Gasteiger partial charge in [-0.25, -0.2) is 4.98 Å². The summed E-state index contributed by atoms with van der Waals surface area (Å²) in [6, 6.07) is 13.6. The van der Waals surface area contributed by atoms with Crippen molar-refractivity contribution in [3.63, 3.8) is 0 Å². The van der Waals surface area contributed by atoms with Gasteiger partial charge in [-0.1, -0.05) is 23.5 Å². The fourth-order valence-corrected chi connectivity index (χ4v) is 5.01. The fraction of sp³-hybridized carbons (Fsp3) is 0.364. The van der Waals surface area contributed by atoms with Gasteiger partial charge in [-0.3, -0.25) is 14.6 Å². The minimum atomic E-state index is -0.0146. The number of aromatic nitrogens is 1. The molecule has 1 aliphatic rings. The summed E-state index contributed by atoms with van der Waals surface area (Å²) in [5.41, 5.74) is 1.56. The summed E-state index contributed by atoms with van der Waals surface area (Å²) in [6.45, 7) is 4.63. The lowest BCUT2D eigenvalue weighted by Gasteiger charge is -2.29. The maximum Gasteiger partial charge on any atom is 0.261 e. The molecule has 0 saturated carbocycles. The minimum Gasteiger partial charge on any atom is -0.497 e. The van der Waals surface area contributed by atoms with Gasteiger partial charge in [-0.15, -0.1) is 24.2 Å². The molecule has 0 radical (unpaired) electrons. The lowest BCUT2D eigenvalue weighted by atomic mass is 10.2. The highest BCUT2D eigenvalue weighted by molar-refractivity contribution is 7.98. The predicted octanol–water partition coefficient (Wildman–Crippen LogP) is 4.43.